The lowest BCUT2D eigenvalue weighted by Crippen LogP contribution is -2.50. The van der Waals surface area contributed by atoms with E-state index in [2.05, 4.69) is 42.8 Å². The fourth-order valence-corrected chi connectivity index (χ4v) is 6.26. The van der Waals surface area contributed by atoms with Crippen LogP contribution in [0.4, 0.5) is 5.69 Å². The van der Waals surface area contributed by atoms with Gasteiger partial charge in [0.1, 0.15) is 12.2 Å². The Hall–Kier alpha value is -3.68. The fraction of sp³-hybridized carbons (Fsp3) is 0.407. The van der Waals surface area contributed by atoms with E-state index in [-0.39, 0.29) is 41.8 Å². The van der Waals surface area contributed by atoms with E-state index >= 15 is 0 Å². The second-order valence-electron chi connectivity index (χ2n) is 9.85. The molecule has 1 saturated heterocycles. The van der Waals surface area contributed by atoms with Crippen LogP contribution in [0.5, 0.6) is 0 Å². The number of para-hydroxylation sites is 1. The average molecular weight is 471 g/mol. The molecule has 1 saturated carbocycles. The lowest BCUT2D eigenvalue weighted by atomic mass is 9.80. The van der Waals surface area contributed by atoms with Crippen molar-refractivity contribution in [2.45, 2.75) is 50.2 Å². The molecule has 3 aromatic rings. The highest BCUT2D eigenvalue weighted by molar-refractivity contribution is 5.94. The predicted molar refractivity (Wildman–Crippen MR) is 131 cm³/mol. The molecule has 0 unspecified atom stereocenters. The van der Waals surface area contributed by atoms with Crippen molar-refractivity contribution < 1.29 is 9.59 Å². The third-order valence-corrected chi connectivity index (χ3v) is 7.91. The van der Waals surface area contributed by atoms with Gasteiger partial charge < -0.3 is 15.5 Å². The highest BCUT2D eigenvalue weighted by atomic mass is 16.2. The van der Waals surface area contributed by atoms with Gasteiger partial charge in [0.25, 0.3) is 5.91 Å². The van der Waals surface area contributed by atoms with Crippen LogP contribution < -0.4 is 10.6 Å². The van der Waals surface area contributed by atoms with Crippen molar-refractivity contribution in [2.75, 3.05) is 11.9 Å². The number of likely N-dealkylation sites (tertiary alicyclic amines) is 1. The summed E-state index contributed by atoms with van der Waals surface area (Å²) in [5.74, 6) is 0.842. The first-order chi connectivity index (χ1) is 17.2. The molecule has 35 heavy (non-hydrogen) atoms. The molecule has 2 amide bonds. The van der Waals surface area contributed by atoms with Gasteiger partial charge in [-0.3, -0.25) is 14.7 Å². The van der Waals surface area contributed by atoms with Crippen molar-refractivity contribution in [3.8, 4) is 0 Å². The Balaban J connectivity index is 1.27. The van der Waals surface area contributed by atoms with Crippen LogP contribution in [0.2, 0.25) is 0 Å². The second-order valence-corrected chi connectivity index (χ2v) is 9.85. The monoisotopic (exact) mass is 470 g/mol. The third kappa shape index (κ3) is 3.96. The summed E-state index contributed by atoms with van der Waals surface area (Å²) in [5, 5.41) is 13.9. The molecule has 2 aromatic carbocycles. The average Bonchev–Trinajstić information content (AvgIpc) is 3.60. The minimum atomic E-state index is -0.207. The lowest BCUT2D eigenvalue weighted by molar-refractivity contribution is -0.138. The van der Waals surface area contributed by atoms with Gasteiger partial charge in [-0.1, -0.05) is 49.2 Å². The van der Waals surface area contributed by atoms with Crippen LogP contribution in [-0.4, -0.2) is 44.5 Å². The van der Waals surface area contributed by atoms with Gasteiger partial charge in [0.15, 0.2) is 0 Å². The summed E-state index contributed by atoms with van der Waals surface area (Å²) in [6.45, 7) is 0.699. The predicted octanol–water partition coefficient (Wildman–Crippen LogP) is 3.85. The summed E-state index contributed by atoms with van der Waals surface area (Å²) in [6.07, 6.45) is 6.09. The number of anilines is 1. The van der Waals surface area contributed by atoms with E-state index < -0.39 is 0 Å². The normalized spacial score (nSPS) is 27.4. The van der Waals surface area contributed by atoms with E-state index in [0.29, 0.717) is 12.1 Å². The molecule has 2 aliphatic heterocycles. The molecule has 8 nitrogen and oxygen atoms in total. The number of benzene rings is 2. The smallest absolute Gasteiger partial charge is 0.251 e. The van der Waals surface area contributed by atoms with Crippen LogP contribution in [0.3, 0.4) is 0 Å². The zero-order chi connectivity index (χ0) is 23.8. The van der Waals surface area contributed by atoms with Gasteiger partial charge in [-0.15, -0.1) is 0 Å². The minimum absolute atomic E-state index is 0.0255. The number of nitrogens with zero attached hydrogens (tertiary/aromatic N) is 3. The highest BCUT2D eigenvalue weighted by Crippen LogP contribution is 2.51. The van der Waals surface area contributed by atoms with Crippen LogP contribution >= 0.6 is 0 Å². The standard InChI is InChI=1S/C27H30N6O2/c34-26(17-8-2-1-3-9-17)31-22-13-7-5-11-19(22)27(35)33-15-14-20-23(25-28-16-29-32-25)30-21-12-6-4-10-18(21)24(20)33/h1-4,6,8-10,12,16,19-20,22-24,30H,5,7,11,13-15H2,(H,31,34)(H,28,29,32)/t19-,20+,22+,23+,24-/m0/s1. The van der Waals surface area contributed by atoms with E-state index in [1.165, 1.54) is 6.33 Å². The largest absolute Gasteiger partial charge is 0.374 e. The van der Waals surface area contributed by atoms with E-state index in [1.807, 2.05) is 42.5 Å². The van der Waals surface area contributed by atoms with Crippen molar-refractivity contribution in [2.24, 2.45) is 11.8 Å². The maximum Gasteiger partial charge on any atom is 0.251 e. The van der Waals surface area contributed by atoms with Crippen LogP contribution in [0, 0.1) is 11.8 Å². The number of rotatable bonds is 4. The number of carbonyl (C=O) groups is 2. The Morgan fingerprint density at radius 3 is 2.60 bits per heavy atom. The Morgan fingerprint density at radius 2 is 1.77 bits per heavy atom. The van der Waals surface area contributed by atoms with Crippen molar-refractivity contribution in [1.29, 1.82) is 0 Å². The number of hydrogen-bond donors (Lipinski definition) is 3. The number of aromatic amines is 1. The van der Waals surface area contributed by atoms with Gasteiger partial charge in [-0.2, -0.15) is 5.10 Å². The van der Waals surface area contributed by atoms with Crippen molar-refractivity contribution in [3.05, 3.63) is 77.9 Å². The summed E-state index contributed by atoms with van der Waals surface area (Å²) < 4.78 is 0. The zero-order valence-corrected chi connectivity index (χ0v) is 19.6. The fourth-order valence-electron chi connectivity index (χ4n) is 6.26. The molecule has 3 aliphatic rings. The van der Waals surface area contributed by atoms with Crippen LogP contribution in [0.25, 0.3) is 0 Å². The molecule has 8 heteroatoms. The van der Waals surface area contributed by atoms with Crippen LogP contribution in [0.15, 0.2) is 60.9 Å². The number of H-pyrrole nitrogens is 1. The zero-order valence-electron chi connectivity index (χ0n) is 19.6. The molecule has 0 spiro atoms. The molecule has 3 heterocycles. The molecule has 3 N–H and O–H groups in total. The summed E-state index contributed by atoms with van der Waals surface area (Å²) in [5.41, 5.74) is 2.82. The molecule has 6 rings (SSSR count). The molecule has 1 aromatic heterocycles. The first kappa shape index (κ1) is 21.8. The van der Waals surface area contributed by atoms with E-state index in [1.54, 1.807) is 0 Å². The SMILES string of the molecule is O=C(N[C@@H]1CCCC[C@@H]1C(=O)N1CC[C@@H]2[C@H](c3ncn[nH]3)Nc3ccccc3[C@@H]21)c1ccccc1. The Kier molecular flexibility index (Phi) is 5.72. The highest BCUT2D eigenvalue weighted by Gasteiger charge is 2.49. The van der Waals surface area contributed by atoms with Crippen molar-refractivity contribution in [3.63, 3.8) is 0 Å². The molecule has 180 valence electrons. The lowest BCUT2D eigenvalue weighted by Gasteiger charge is -2.41. The number of fused-ring (bicyclic) bond motifs is 3. The molecular formula is C27H30N6O2. The first-order valence-electron chi connectivity index (χ1n) is 12.6. The van der Waals surface area contributed by atoms with Crippen LogP contribution in [-0.2, 0) is 4.79 Å². The van der Waals surface area contributed by atoms with Gasteiger partial charge in [0.2, 0.25) is 5.91 Å². The third-order valence-electron chi connectivity index (χ3n) is 7.91. The number of amides is 2. The van der Waals surface area contributed by atoms with E-state index in [9.17, 15) is 9.59 Å². The Labute approximate surface area is 204 Å². The van der Waals surface area contributed by atoms with Crippen molar-refractivity contribution >= 4 is 17.5 Å². The molecule has 0 bridgehead atoms. The van der Waals surface area contributed by atoms with Gasteiger partial charge in [-0.25, -0.2) is 4.98 Å². The molecule has 1 aliphatic carbocycles. The summed E-state index contributed by atoms with van der Waals surface area (Å²) in [7, 11) is 0. The number of aromatic nitrogens is 3. The van der Waals surface area contributed by atoms with Gasteiger partial charge in [0.05, 0.1) is 18.0 Å². The topological polar surface area (TPSA) is 103 Å². The summed E-state index contributed by atoms with van der Waals surface area (Å²) in [4.78, 5) is 33.5. The quantitative estimate of drug-likeness (QED) is 0.538. The molecular weight excluding hydrogens is 440 g/mol. The summed E-state index contributed by atoms with van der Waals surface area (Å²) in [6, 6.07) is 17.3. The number of nitrogens with one attached hydrogen (secondary N) is 3. The number of hydrogen-bond acceptors (Lipinski definition) is 5. The second kappa shape index (κ2) is 9.17. The van der Waals surface area contributed by atoms with Crippen molar-refractivity contribution in [1.82, 2.24) is 25.4 Å². The molecule has 5 atom stereocenters. The van der Waals surface area contributed by atoms with Gasteiger partial charge in [-0.05, 0) is 43.0 Å². The van der Waals surface area contributed by atoms with E-state index in [4.69, 9.17) is 0 Å². The Morgan fingerprint density at radius 1 is 0.971 bits per heavy atom. The van der Waals surface area contributed by atoms with Gasteiger partial charge in [0, 0.05) is 29.8 Å². The minimum Gasteiger partial charge on any atom is -0.374 e. The maximum atomic E-state index is 14.1. The molecule has 0 radical (unpaired) electrons. The Bertz CT molecular complexity index is 1200. The maximum absolute atomic E-state index is 14.1. The van der Waals surface area contributed by atoms with Crippen LogP contribution in [0.1, 0.15) is 65.9 Å². The molecule has 2 fully saturated rings. The summed E-state index contributed by atoms with van der Waals surface area (Å²) >= 11 is 0. The first-order valence-corrected chi connectivity index (χ1v) is 12.6. The van der Waals surface area contributed by atoms with Gasteiger partial charge >= 0.3 is 0 Å². The number of carbonyl (C=O) groups excluding carboxylic acids is 2. The van der Waals surface area contributed by atoms with E-state index in [0.717, 1.165) is 49.2 Å².